The van der Waals surface area contributed by atoms with Gasteiger partial charge in [0.25, 0.3) is 5.91 Å². The van der Waals surface area contributed by atoms with Crippen LogP contribution in [0.2, 0.25) is 0 Å². The average molecular weight is 412 g/mol. The third kappa shape index (κ3) is 3.27. The summed E-state index contributed by atoms with van der Waals surface area (Å²) >= 11 is 0. The first kappa shape index (κ1) is 20.2. The number of hydrogen-bond donors (Lipinski definition) is 0. The second kappa shape index (κ2) is 7.95. The summed E-state index contributed by atoms with van der Waals surface area (Å²) in [6.45, 7) is 0.814. The van der Waals surface area contributed by atoms with Crippen LogP contribution in [-0.2, 0) is 19.2 Å². The Hall–Kier alpha value is -3.13. The van der Waals surface area contributed by atoms with Crippen LogP contribution in [0.5, 0.6) is 0 Å². The summed E-state index contributed by atoms with van der Waals surface area (Å²) in [4.78, 5) is 44.9. The molecule has 158 valence electrons. The van der Waals surface area contributed by atoms with Crippen molar-refractivity contribution in [1.82, 2.24) is 9.96 Å². The van der Waals surface area contributed by atoms with Crippen molar-refractivity contribution >= 4 is 17.8 Å². The van der Waals surface area contributed by atoms with Gasteiger partial charge in [0, 0.05) is 30.6 Å². The molecule has 8 nitrogen and oxygen atoms in total. The number of methoxy groups -OCH3 is 1. The van der Waals surface area contributed by atoms with Gasteiger partial charge in [0.1, 0.15) is 5.76 Å². The molecule has 3 heterocycles. The lowest BCUT2D eigenvalue weighted by Crippen LogP contribution is -2.57. The van der Waals surface area contributed by atoms with E-state index in [0.29, 0.717) is 37.3 Å². The molecule has 2 aliphatic heterocycles. The van der Waals surface area contributed by atoms with Gasteiger partial charge in [-0.05, 0) is 37.1 Å². The largest absolute Gasteiger partial charge is 0.469 e. The lowest BCUT2D eigenvalue weighted by atomic mass is 9.77. The number of piperidine rings is 1. The summed E-state index contributed by atoms with van der Waals surface area (Å²) in [5.74, 6) is -0.660. The first-order valence-electron chi connectivity index (χ1n) is 9.88. The highest BCUT2D eigenvalue weighted by Crippen LogP contribution is 2.44. The summed E-state index contributed by atoms with van der Waals surface area (Å²) in [5.41, 5.74) is 0.610. The monoisotopic (exact) mass is 412 g/mol. The lowest BCUT2D eigenvalue weighted by Gasteiger charge is -2.45. The highest BCUT2D eigenvalue weighted by Gasteiger charge is 2.58. The number of amides is 2. The van der Waals surface area contributed by atoms with Crippen LogP contribution in [0.15, 0.2) is 47.1 Å². The Morgan fingerprint density at radius 1 is 1.13 bits per heavy atom. The third-order valence-electron chi connectivity index (χ3n) is 6.16. The van der Waals surface area contributed by atoms with E-state index in [4.69, 9.17) is 14.0 Å². The van der Waals surface area contributed by atoms with Crippen LogP contribution >= 0.6 is 0 Å². The molecule has 2 aliphatic rings. The van der Waals surface area contributed by atoms with E-state index < -0.39 is 17.4 Å². The quantitative estimate of drug-likeness (QED) is 0.717. The van der Waals surface area contributed by atoms with Crippen molar-refractivity contribution in [3.8, 4) is 11.3 Å². The van der Waals surface area contributed by atoms with Crippen molar-refractivity contribution in [3.05, 3.63) is 48.2 Å². The van der Waals surface area contributed by atoms with Gasteiger partial charge in [0.15, 0.2) is 0 Å². The summed E-state index contributed by atoms with van der Waals surface area (Å²) in [6.07, 6.45) is 2.53. The van der Waals surface area contributed by atoms with E-state index in [1.807, 2.05) is 24.3 Å². The van der Waals surface area contributed by atoms with E-state index in [9.17, 15) is 14.4 Å². The van der Waals surface area contributed by atoms with Gasteiger partial charge in [0.05, 0.1) is 31.9 Å². The summed E-state index contributed by atoms with van der Waals surface area (Å²) in [7, 11) is 2.75. The zero-order valence-corrected chi connectivity index (χ0v) is 17.0. The number of rotatable bonds is 4. The minimum atomic E-state index is -0.786. The van der Waals surface area contributed by atoms with Crippen molar-refractivity contribution < 1.29 is 28.4 Å². The molecule has 30 heavy (non-hydrogen) atoms. The molecule has 1 atom stereocenters. The number of ether oxygens (including phenoxy) is 1. The Kier molecular flexibility index (Phi) is 5.34. The fraction of sp³-hybridized carbons (Fsp3) is 0.409. The molecule has 0 bridgehead atoms. The zero-order valence-electron chi connectivity index (χ0n) is 17.0. The third-order valence-corrected chi connectivity index (χ3v) is 6.16. The van der Waals surface area contributed by atoms with Crippen LogP contribution in [0.3, 0.4) is 0 Å². The normalized spacial score (nSPS) is 20.6. The van der Waals surface area contributed by atoms with Gasteiger partial charge in [-0.3, -0.25) is 19.2 Å². The maximum Gasteiger partial charge on any atom is 0.311 e. The Bertz CT molecular complexity index is 944. The molecular formula is C22H24N2O6. The molecule has 0 aliphatic carbocycles. The molecule has 1 spiro atoms. The molecule has 2 fully saturated rings. The van der Waals surface area contributed by atoms with E-state index in [1.54, 1.807) is 23.3 Å². The molecule has 2 amide bonds. The smallest absolute Gasteiger partial charge is 0.311 e. The fourth-order valence-electron chi connectivity index (χ4n) is 4.65. The molecule has 2 saturated heterocycles. The van der Waals surface area contributed by atoms with Gasteiger partial charge in [-0.2, -0.15) is 0 Å². The van der Waals surface area contributed by atoms with Crippen molar-refractivity contribution in [2.75, 3.05) is 27.3 Å². The number of likely N-dealkylation sites (tertiary alicyclic amines) is 1. The molecular weight excluding hydrogens is 388 g/mol. The maximum absolute atomic E-state index is 13.1. The van der Waals surface area contributed by atoms with E-state index in [2.05, 4.69) is 0 Å². The SMILES string of the molecule is COC(=O)C1CC(=O)N(OC)C12CCN(C(=O)c1cccc(-c3ccco3)c1)CC2. The summed E-state index contributed by atoms with van der Waals surface area (Å²) in [6, 6.07) is 10.9. The predicted octanol–water partition coefficient (Wildman–Crippen LogP) is 2.50. The average Bonchev–Trinajstić information content (AvgIpc) is 3.40. The highest BCUT2D eigenvalue weighted by molar-refractivity contribution is 5.95. The zero-order chi connectivity index (χ0) is 21.3. The Morgan fingerprint density at radius 2 is 1.90 bits per heavy atom. The number of furan rings is 1. The van der Waals surface area contributed by atoms with Crippen LogP contribution in [0.1, 0.15) is 29.6 Å². The van der Waals surface area contributed by atoms with E-state index >= 15 is 0 Å². The molecule has 0 saturated carbocycles. The second-order valence-corrected chi connectivity index (χ2v) is 7.60. The van der Waals surface area contributed by atoms with Crippen LogP contribution in [0.4, 0.5) is 0 Å². The van der Waals surface area contributed by atoms with Crippen molar-refractivity contribution in [3.63, 3.8) is 0 Å². The second-order valence-electron chi connectivity index (χ2n) is 7.60. The number of carbonyl (C=O) groups is 3. The number of hydrogen-bond acceptors (Lipinski definition) is 6. The maximum atomic E-state index is 13.1. The van der Waals surface area contributed by atoms with E-state index in [1.165, 1.54) is 19.3 Å². The van der Waals surface area contributed by atoms with Gasteiger partial charge >= 0.3 is 5.97 Å². The molecule has 1 aromatic carbocycles. The van der Waals surface area contributed by atoms with Gasteiger partial charge < -0.3 is 14.1 Å². The Balaban J connectivity index is 1.52. The van der Waals surface area contributed by atoms with Crippen molar-refractivity contribution in [2.45, 2.75) is 24.8 Å². The Labute approximate surface area is 174 Å². The number of hydroxylamine groups is 2. The Morgan fingerprint density at radius 3 is 2.53 bits per heavy atom. The number of carbonyl (C=O) groups excluding carboxylic acids is 3. The predicted molar refractivity (Wildman–Crippen MR) is 106 cm³/mol. The van der Waals surface area contributed by atoms with Crippen LogP contribution in [0, 0.1) is 5.92 Å². The first-order chi connectivity index (χ1) is 14.5. The van der Waals surface area contributed by atoms with Crippen molar-refractivity contribution in [1.29, 1.82) is 0 Å². The van der Waals surface area contributed by atoms with Crippen LogP contribution in [-0.4, -0.2) is 60.6 Å². The van der Waals surface area contributed by atoms with Gasteiger partial charge in [-0.15, -0.1) is 0 Å². The van der Waals surface area contributed by atoms with Crippen LogP contribution < -0.4 is 0 Å². The number of nitrogens with zero attached hydrogens (tertiary/aromatic N) is 2. The standard InChI is InChI=1S/C22H24N2O6/c1-28-21(27)17-14-19(25)24(29-2)22(17)8-10-23(11-9-22)20(26)16-6-3-5-15(13-16)18-7-4-12-30-18/h3-7,12-13,17H,8-11,14H2,1-2H3. The van der Waals surface area contributed by atoms with Crippen LogP contribution in [0.25, 0.3) is 11.3 Å². The fourth-order valence-corrected chi connectivity index (χ4v) is 4.65. The highest BCUT2D eigenvalue weighted by atomic mass is 16.7. The lowest BCUT2D eigenvalue weighted by molar-refractivity contribution is -0.208. The van der Waals surface area contributed by atoms with Gasteiger partial charge in [0.2, 0.25) is 5.91 Å². The summed E-state index contributed by atoms with van der Waals surface area (Å²) in [5, 5.41) is 1.31. The minimum absolute atomic E-state index is 0.0552. The molecule has 0 N–H and O–H groups in total. The molecule has 1 aromatic heterocycles. The van der Waals surface area contributed by atoms with Gasteiger partial charge in [-0.25, -0.2) is 5.06 Å². The minimum Gasteiger partial charge on any atom is -0.469 e. The van der Waals surface area contributed by atoms with Gasteiger partial charge in [-0.1, -0.05) is 12.1 Å². The summed E-state index contributed by atoms with van der Waals surface area (Å²) < 4.78 is 10.4. The first-order valence-corrected chi connectivity index (χ1v) is 9.88. The molecule has 2 aromatic rings. The molecule has 1 unspecified atom stereocenters. The van der Waals surface area contributed by atoms with E-state index in [0.717, 1.165) is 5.56 Å². The number of esters is 1. The molecule has 0 radical (unpaired) electrons. The number of benzene rings is 1. The molecule has 4 rings (SSSR count). The van der Waals surface area contributed by atoms with E-state index in [-0.39, 0.29) is 18.2 Å². The topological polar surface area (TPSA) is 89.3 Å². The van der Waals surface area contributed by atoms with Crippen molar-refractivity contribution in [2.24, 2.45) is 5.92 Å². The molecule has 8 heteroatoms.